The highest BCUT2D eigenvalue weighted by Crippen LogP contribution is 2.55. The van der Waals surface area contributed by atoms with E-state index in [4.69, 9.17) is 15.3 Å². The molecule has 0 bridgehead atoms. The maximum Gasteiger partial charge on any atom is 0.248 e. The molecule has 44 heavy (non-hydrogen) atoms. The summed E-state index contributed by atoms with van der Waals surface area (Å²) in [4.78, 5) is 33.9. The number of nitrogens with two attached hydrogens (primary N) is 1. The minimum Gasteiger partial charge on any atom is -0.510 e. The van der Waals surface area contributed by atoms with Crippen LogP contribution in [0.4, 0.5) is 0 Å². The number of oxime groups is 1. The second-order valence-corrected chi connectivity index (χ2v) is 13.4. The number of nitrogens with one attached hydrogen (secondary N) is 1. The predicted molar refractivity (Wildman–Crippen MR) is 164 cm³/mol. The zero-order valence-electron chi connectivity index (χ0n) is 26.7. The molecule has 0 spiro atoms. The largest absolute Gasteiger partial charge is 0.510 e. The first-order valence-corrected chi connectivity index (χ1v) is 15.0. The van der Waals surface area contributed by atoms with Crippen LogP contribution in [0.25, 0.3) is 0 Å². The third kappa shape index (κ3) is 5.83. The zero-order valence-corrected chi connectivity index (χ0v) is 26.7. The molecule has 1 amide bonds. The van der Waals surface area contributed by atoms with Gasteiger partial charge in [-0.3, -0.25) is 14.5 Å². The number of nitrogens with zero attached hydrogens (tertiary/aromatic N) is 2. The van der Waals surface area contributed by atoms with Gasteiger partial charge in [-0.25, -0.2) is 0 Å². The van der Waals surface area contributed by atoms with E-state index >= 15 is 0 Å². The van der Waals surface area contributed by atoms with Gasteiger partial charge >= 0.3 is 0 Å². The Morgan fingerprint density at radius 1 is 1.25 bits per heavy atom. The summed E-state index contributed by atoms with van der Waals surface area (Å²) < 4.78 is 5.83. The molecular weight excluding hydrogens is 568 g/mol. The Kier molecular flexibility index (Phi) is 9.51. The zero-order chi connectivity index (χ0) is 32.7. The van der Waals surface area contributed by atoms with Gasteiger partial charge in [0.25, 0.3) is 0 Å². The first-order chi connectivity index (χ1) is 20.6. The molecule has 12 nitrogen and oxygen atoms in total. The van der Waals surface area contributed by atoms with Gasteiger partial charge in [0.05, 0.1) is 22.9 Å². The summed E-state index contributed by atoms with van der Waals surface area (Å²) in [6.07, 6.45) is 0.206. The molecule has 242 valence electrons. The Bertz CT molecular complexity index is 1420. The number of ketones is 1. The number of phenolic OH excluding ortho intramolecular Hbond substituents is 1. The smallest absolute Gasteiger partial charge is 0.248 e. The fourth-order valence-corrected chi connectivity index (χ4v) is 7.02. The number of aliphatic hydroxyl groups is 3. The molecule has 0 radical (unpaired) electrons. The molecule has 1 aromatic carbocycles. The van der Waals surface area contributed by atoms with Crippen LogP contribution in [0, 0.1) is 17.3 Å². The fourth-order valence-electron chi connectivity index (χ4n) is 7.02. The van der Waals surface area contributed by atoms with Crippen molar-refractivity contribution in [3.8, 4) is 5.75 Å². The molecule has 0 aromatic heterocycles. The Labute approximate surface area is 258 Å². The van der Waals surface area contributed by atoms with Crippen molar-refractivity contribution >= 4 is 17.4 Å². The maximum absolute atomic E-state index is 14.4. The molecule has 0 heterocycles. The quantitative estimate of drug-likeness (QED) is 0.130. The van der Waals surface area contributed by atoms with Crippen molar-refractivity contribution < 1.29 is 39.6 Å². The summed E-state index contributed by atoms with van der Waals surface area (Å²) in [5.74, 6) is -3.51. The van der Waals surface area contributed by atoms with Crippen molar-refractivity contribution in [2.75, 3.05) is 34.0 Å². The lowest BCUT2D eigenvalue weighted by Gasteiger charge is -2.53. The van der Waals surface area contributed by atoms with E-state index in [-0.39, 0.29) is 59.4 Å². The molecule has 3 aliphatic rings. The summed E-state index contributed by atoms with van der Waals surface area (Å²) >= 11 is 0. The summed E-state index contributed by atoms with van der Waals surface area (Å²) in [6, 6.07) is 1.02. The molecule has 0 unspecified atom stereocenters. The molecule has 7 N–H and O–H groups in total. The summed E-state index contributed by atoms with van der Waals surface area (Å²) in [6.45, 7) is 10.3. The fraction of sp³-hybridized carbons (Fsp3) is 0.594. The van der Waals surface area contributed by atoms with Gasteiger partial charge in [0.1, 0.15) is 36.3 Å². The van der Waals surface area contributed by atoms with Gasteiger partial charge < -0.3 is 41.1 Å². The number of ether oxygens (including phenoxy) is 1. The van der Waals surface area contributed by atoms with Crippen LogP contribution in [0.15, 0.2) is 33.9 Å². The molecule has 3 aliphatic carbocycles. The number of aliphatic hydroxyl groups excluding tert-OH is 3. The number of rotatable bonds is 10. The number of allylic oxidation sites excluding steroid dienone is 1. The van der Waals surface area contributed by atoms with E-state index in [1.165, 1.54) is 0 Å². The van der Waals surface area contributed by atoms with Gasteiger partial charge in [-0.15, -0.1) is 0 Å². The molecule has 4 rings (SSSR count). The van der Waals surface area contributed by atoms with Gasteiger partial charge in [-0.2, -0.15) is 0 Å². The van der Waals surface area contributed by atoms with Gasteiger partial charge in [0.2, 0.25) is 5.91 Å². The Hall–Kier alpha value is -3.45. The van der Waals surface area contributed by atoms with Crippen LogP contribution < -0.4 is 11.1 Å². The van der Waals surface area contributed by atoms with Crippen molar-refractivity contribution in [1.29, 1.82) is 0 Å². The SMILES string of the molecule is CCO/N=C(\C)c1cc(CNCC(C)(C)C)c(O)c2c1C[C@H]1C[C@H]3[C@H](N(C)C)C(O)=C(C(N)=O)C[C@@]3(OCO)C(O)=C1C2=O. The Balaban J connectivity index is 1.94. The topological polar surface area (TPSA) is 187 Å². The highest BCUT2D eigenvalue weighted by molar-refractivity contribution is 6.16. The van der Waals surface area contributed by atoms with Crippen LogP contribution in [0.3, 0.4) is 0 Å². The van der Waals surface area contributed by atoms with Crippen LogP contribution >= 0.6 is 0 Å². The van der Waals surface area contributed by atoms with Gasteiger partial charge in [-0.05, 0) is 63.7 Å². The molecule has 4 atom stereocenters. The van der Waals surface area contributed by atoms with Gasteiger partial charge in [0.15, 0.2) is 5.78 Å². The van der Waals surface area contributed by atoms with Crippen molar-refractivity contribution in [2.45, 2.75) is 72.1 Å². The molecule has 0 saturated heterocycles. The third-order valence-corrected chi connectivity index (χ3v) is 8.89. The second-order valence-electron chi connectivity index (χ2n) is 13.4. The van der Waals surface area contributed by atoms with Crippen LogP contribution in [0.1, 0.15) is 74.5 Å². The second kappa shape index (κ2) is 12.5. The Morgan fingerprint density at radius 2 is 1.93 bits per heavy atom. The third-order valence-electron chi connectivity index (χ3n) is 8.89. The number of Topliss-reactive ketones (excluding diaryl/α,β-unsaturated/α-hetero) is 1. The molecule has 0 aliphatic heterocycles. The number of primary amides is 1. The number of benzene rings is 1. The number of likely N-dealkylation sites (N-methyl/N-ethyl adjacent to an activating group) is 1. The lowest BCUT2D eigenvalue weighted by atomic mass is 9.58. The average molecular weight is 615 g/mol. The molecular formula is C32H46N4O8. The number of carbonyl (C=O) groups excluding carboxylic acids is 2. The van der Waals surface area contributed by atoms with Crippen LogP contribution in [-0.2, 0) is 27.3 Å². The van der Waals surface area contributed by atoms with E-state index in [0.717, 1.165) is 0 Å². The van der Waals surface area contributed by atoms with Crippen molar-refractivity contribution in [3.05, 3.63) is 51.0 Å². The van der Waals surface area contributed by atoms with E-state index in [0.29, 0.717) is 35.6 Å². The predicted octanol–water partition coefficient (Wildman–Crippen LogP) is 2.81. The first-order valence-electron chi connectivity index (χ1n) is 15.0. The number of phenols is 1. The summed E-state index contributed by atoms with van der Waals surface area (Å²) in [7, 11) is 3.43. The van der Waals surface area contributed by atoms with Crippen molar-refractivity contribution in [3.63, 3.8) is 0 Å². The molecule has 1 aromatic rings. The lowest BCUT2D eigenvalue weighted by Crippen LogP contribution is -2.60. The standard InChI is InChI=1S/C32H46N4O8/c1-8-44-35-16(2)19-10-18(13-34-14-31(3,4)5)26(38)24-20(19)9-17-11-22-25(36(6)7)27(39)21(30(33)42)12-32(22,43-15-37)29(41)23(17)28(24)40/h10,17,22,25,34,37-39,41H,8-9,11-15H2,1-7H3,(H2,33,42)/b35-16+/t17-,22-,25-,32-/m0/s1. The number of aromatic hydroxyl groups is 1. The van der Waals surface area contributed by atoms with Crippen LogP contribution in [0.5, 0.6) is 5.75 Å². The normalized spacial score (nSPS) is 25.6. The number of amides is 1. The molecule has 0 saturated carbocycles. The van der Waals surface area contributed by atoms with E-state index in [1.54, 1.807) is 25.9 Å². The molecule has 12 heteroatoms. The van der Waals surface area contributed by atoms with E-state index in [9.17, 15) is 30.0 Å². The van der Waals surface area contributed by atoms with E-state index < -0.39 is 47.7 Å². The summed E-state index contributed by atoms with van der Waals surface area (Å²) in [5, 5.41) is 52.2. The highest BCUT2D eigenvalue weighted by Gasteiger charge is 2.60. The monoisotopic (exact) mass is 614 g/mol. The van der Waals surface area contributed by atoms with E-state index in [2.05, 4.69) is 31.2 Å². The maximum atomic E-state index is 14.4. The van der Waals surface area contributed by atoms with Crippen LogP contribution in [-0.4, -0.2) is 88.4 Å². The lowest BCUT2D eigenvalue weighted by molar-refractivity contribution is -0.167. The highest BCUT2D eigenvalue weighted by atomic mass is 16.6. The van der Waals surface area contributed by atoms with Crippen molar-refractivity contribution in [1.82, 2.24) is 10.2 Å². The number of fused-ring (bicyclic) bond motifs is 3. The van der Waals surface area contributed by atoms with Crippen molar-refractivity contribution in [2.24, 2.45) is 28.1 Å². The minimum absolute atomic E-state index is 0.0185. The Morgan fingerprint density at radius 3 is 2.50 bits per heavy atom. The van der Waals surface area contributed by atoms with Gasteiger partial charge in [0, 0.05) is 42.1 Å². The number of carbonyl (C=O) groups is 2. The minimum atomic E-state index is -1.71. The average Bonchev–Trinajstić information content (AvgIpc) is 2.92. The number of hydrogen-bond donors (Lipinski definition) is 6. The van der Waals surface area contributed by atoms with Gasteiger partial charge in [-0.1, -0.05) is 25.9 Å². The first kappa shape index (κ1) is 33.4. The van der Waals surface area contributed by atoms with Crippen LogP contribution in [0.2, 0.25) is 0 Å². The molecule has 0 fully saturated rings. The number of hydrogen-bond acceptors (Lipinski definition) is 11. The summed E-state index contributed by atoms with van der Waals surface area (Å²) in [5.41, 5.74) is 6.12. The van der Waals surface area contributed by atoms with E-state index in [1.807, 2.05) is 13.0 Å².